The normalized spacial score (nSPS) is 16.2. The lowest BCUT2D eigenvalue weighted by Gasteiger charge is -2.33. The van der Waals surface area contributed by atoms with Crippen LogP contribution in [0, 0.1) is 13.8 Å². The maximum Gasteiger partial charge on any atom is 0.243 e. The first-order chi connectivity index (χ1) is 12.4. The Balaban J connectivity index is 1.68. The van der Waals surface area contributed by atoms with E-state index in [0.29, 0.717) is 44.1 Å². The molecule has 1 saturated heterocycles. The summed E-state index contributed by atoms with van der Waals surface area (Å²) < 4.78 is 36.9. The van der Waals surface area contributed by atoms with Crippen molar-refractivity contribution in [1.29, 1.82) is 0 Å². The molecule has 9 heteroatoms. The lowest BCUT2D eigenvalue weighted by molar-refractivity contribution is 0.201. The summed E-state index contributed by atoms with van der Waals surface area (Å²) in [5.74, 6) is 0.775. The molecule has 1 aromatic heterocycles. The number of benzene rings is 1. The van der Waals surface area contributed by atoms with Gasteiger partial charge < -0.3 is 9.64 Å². The number of methoxy groups -OCH3 is 1. The highest BCUT2D eigenvalue weighted by atomic mass is 32.2. The molecular weight excluding hydrogens is 372 g/mol. The number of rotatable bonds is 6. The first-order valence-corrected chi connectivity index (χ1v) is 10.8. The number of piperazine rings is 1. The van der Waals surface area contributed by atoms with Crippen LogP contribution in [0.3, 0.4) is 0 Å². The third-order valence-corrected chi connectivity index (χ3v) is 7.31. The van der Waals surface area contributed by atoms with Crippen LogP contribution in [0.5, 0.6) is 0 Å². The van der Waals surface area contributed by atoms with E-state index in [1.807, 2.05) is 26.0 Å². The minimum absolute atomic E-state index is 0.406. The molecule has 0 saturated carbocycles. The average molecular weight is 397 g/mol. The van der Waals surface area contributed by atoms with E-state index < -0.39 is 10.0 Å². The number of aromatic nitrogens is 2. The predicted molar refractivity (Wildman–Crippen MR) is 102 cm³/mol. The van der Waals surface area contributed by atoms with Crippen LogP contribution in [-0.4, -0.2) is 62.0 Å². The molecule has 0 spiro atoms. The molecule has 0 N–H and O–H groups in total. The summed E-state index contributed by atoms with van der Waals surface area (Å²) in [7, 11) is -1.81. The lowest BCUT2D eigenvalue weighted by Crippen LogP contribution is -2.48. The Morgan fingerprint density at radius 1 is 1.19 bits per heavy atom. The number of sulfonamides is 1. The number of hydrogen-bond acceptors (Lipinski definition) is 7. The minimum Gasteiger partial charge on any atom is -0.384 e. The van der Waals surface area contributed by atoms with Crippen molar-refractivity contribution in [2.24, 2.45) is 0 Å². The van der Waals surface area contributed by atoms with Crippen LogP contribution in [0.1, 0.15) is 17.0 Å². The van der Waals surface area contributed by atoms with Crippen molar-refractivity contribution in [3.05, 3.63) is 35.2 Å². The molecule has 0 radical (unpaired) electrons. The lowest BCUT2D eigenvalue weighted by atomic mass is 10.2. The predicted octanol–water partition coefficient (Wildman–Crippen LogP) is 1.85. The van der Waals surface area contributed by atoms with Gasteiger partial charge in [-0.1, -0.05) is 12.1 Å². The Labute approximate surface area is 158 Å². The fourth-order valence-electron chi connectivity index (χ4n) is 2.91. The second-order valence-corrected chi connectivity index (χ2v) is 9.03. The van der Waals surface area contributed by atoms with Gasteiger partial charge in [0.2, 0.25) is 15.2 Å². The molecule has 2 aromatic rings. The summed E-state index contributed by atoms with van der Waals surface area (Å²) >= 11 is 1.36. The molecule has 0 bridgehead atoms. The van der Waals surface area contributed by atoms with Crippen LogP contribution in [0.15, 0.2) is 23.1 Å². The smallest absolute Gasteiger partial charge is 0.243 e. The van der Waals surface area contributed by atoms with Gasteiger partial charge in [-0.25, -0.2) is 13.4 Å². The fraction of sp³-hybridized carbons (Fsp3) is 0.529. The molecule has 26 heavy (non-hydrogen) atoms. The zero-order valence-corrected chi connectivity index (χ0v) is 16.9. The number of hydrogen-bond donors (Lipinski definition) is 0. The van der Waals surface area contributed by atoms with Crippen molar-refractivity contribution < 1.29 is 13.2 Å². The number of ether oxygens (including phenoxy) is 1. The minimum atomic E-state index is -3.47. The van der Waals surface area contributed by atoms with Gasteiger partial charge in [-0.3, -0.25) is 0 Å². The van der Waals surface area contributed by atoms with Gasteiger partial charge in [-0.15, -0.1) is 0 Å². The largest absolute Gasteiger partial charge is 0.384 e. The summed E-state index contributed by atoms with van der Waals surface area (Å²) in [6.45, 7) is 6.47. The maximum atomic E-state index is 13.0. The van der Waals surface area contributed by atoms with E-state index in [0.717, 1.165) is 22.1 Å². The molecule has 7 nitrogen and oxygen atoms in total. The summed E-state index contributed by atoms with van der Waals surface area (Å²) in [4.78, 5) is 7.03. The van der Waals surface area contributed by atoms with E-state index in [4.69, 9.17) is 4.74 Å². The Bertz CT molecular complexity index is 859. The van der Waals surface area contributed by atoms with Gasteiger partial charge in [0, 0.05) is 51.2 Å². The Kier molecular flexibility index (Phi) is 5.91. The molecule has 1 aliphatic rings. The van der Waals surface area contributed by atoms with Gasteiger partial charge in [0.1, 0.15) is 5.82 Å². The Morgan fingerprint density at radius 3 is 2.62 bits per heavy atom. The average Bonchev–Trinajstić information content (AvgIpc) is 3.11. The topological polar surface area (TPSA) is 75.6 Å². The summed E-state index contributed by atoms with van der Waals surface area (Å²) in [5, 5.41) is 0.847. The van der Waals surface area contributed by atoms with E-state index in [9.17, 15) is 8.42 Å². The van der Waals surface area contributed by atoms with Crippen LogP contribution in [0.2, 0.25) is 0 Å². The molecule has 3 rings (SSSR count). The zero-order valence-electron chi connectivity index (χ0n) is 15.3. The highest BCUT2D eigenvalue weighted by Crippen LogP contribution is 2.25. The molecule has 0 amide bonds. The van der Waals surface area contributed by atoms with E-state index in [1.165, 1.54) is 11.5 Å². The number of nitrogens with zero attached hydrogens (tertiary/aromatic N) is 4. The van der Waals surface area contributed by atoms with Crippen LogP contribution in [0.25, 0.3) is 0 Å². The summed E-state index contributed by atoms with van der Waals surface area (Å²) in [6, 6.07) is 5.55. The van der Waals surface area contributed by atoms with Crippen molar-refractivity contribution in [2.75, 3.05) is 44.8 Å². The molecule has 142 valence electrons. The molecule has 1 aliphatic heterocycles. The van der Waals surface area contributed by atoms with Crippen molar-refractivity contribution >= 4 is 26.7 Å². The Morgan fingerprint density at radius 2 is 1.92 bits per heavy atom. The highest BCUT2D eigenvalue weighted by Gasteiger charge is 2.30. The van der Waals surface area contributed by atoms with E-state index in [2.05, 4.69) is 14.3 Å². The van der Waals surface area contributed by atoms with Gasteiger partial charge in [0.05, 0.1) is 11.5 Å². The quantitative estimate of drug-likeness (QED) is 0.742. The second-order valence-electron chi connectivity index (χ2n) is 6.40. The molecule has 0 atom stereocenters. The van der Waals surface area contributed by atoms with Crippen molar-refractivity contribution in [3.63, 3.8) is 0 Å². The third kappa shape index (κ3) is 4.06. The maximum absolute atomic E-state index is 13.0. The van der Waals surface area contributed by atoms with Gasteiger partial charge in [-0.2, -0.15) is 8.68 Å². The molecule has 1 aromatic carbocycles. The second kappa shape index (κ2) is 7.99. The van der Waals surface area contributed by atoms with Gasteiger partial charge in [-0.05, 0) is 31.0 Å². The molecule has 0 aliphatic carbocycles. The van der Waals surface area contributed by atoms with E-state index in [-0.39, 0.29) is 0 Å². The standard InChI is InChI=1S/C17H24N4O3S2/c1-13-4-5-14(2)15(12-13)26(22,23)21-9-7-20(8-10-21)17-18-16(19-25-17)6-11-24-3/h4-5,12H,6-11H2,1-3H3. The van der Waals surface area contributed by atoms with Crippen LogP contribution >= 0.6 is 11.5 Å². The van der Waals surface area contributed by atoms with Gasteiger partial charge in [0.25, 0.3) is 0 Å². The van der Waals surface area contributed by atoms with Crippen molar-refractivity contribution in [2.45, 2.75) is 25.2 Å². The summed E-state index contributed by atoms with van der Waals surface area (Å²) in [5.41, 5.74) is 1.73. The zero-order chi connectivity index (χ0) is 18.7. The monoisotopic (exact) mass is 396 g/mol. The van der Waals surface area contributed by atoms with Gasteiger partial charge >= 0.3 is 0 Å². The van der Waals surface area contributed by atoms with Crippen LogP contribution in [-0.2, 0) is 21.2 Å². The van der Waals surface area contributed by atoms with E-state index in [1.54, 1.807) is 17.5 Å². The molecule has 0 unspecified atom stereocenters. The van der Waals surface area contributed by atoms with Crippen LogP contribution in [0.4, 0.5) is 5.13 Å². The Hall–Kier alpha value is -1.55. The number of aryl methyl sites for hydroxylation is 2. The van der Waals surface area contributed by atoms with Crippen molar-refractivity contribution in [1.82, 2.24) is 13.7 Å². The summed E-state index contributed by atoms with van der Waals surface area (Å²) in [6.07, 6.45) is 0.688. The van der Waals surface area contributed by atoms with Gasteiger partial charge in [0.15, 0.2) is 0 Å². The highest BCUT2D eigenvalue weighted by molar-refractivity contribution is 7.89. The van der Waals surface area contributed by atoms with E-state index >= 15 is 0 Å². The molecule has 2 heterocycles. The SMILES string of the molecule is COCCc1nsc(N2CCN(S(=O)(=O)c3cc(C)ccc3C)CC2)n1. The third-order valence-electron chi connectivity index (χ3n) is 4.46. The number of anilines is 1. The van der Waals surface area contributed by atoms with Crippen LogP contribution < -0.4 is 4.90 Å². The fourth-order valence-corrected chi connectivity index (χ4v) is 5.41. The van der Waals surface area contributed by atoms with Crippen molar-refractivity contribution in [3.8, 4) is 0 Å². The first-order valence-electron chi connectivity index (χ1n) is 8.55. The molecule has 1 fully saturated rings. The molecular formula is C17H24N4O3S2. The first kappa shape index (κ1) is 19.2.